The highest BCUT2D eigenvalue weighted by atomic mass is 79.9. The van der Waals surface area contributed by atoms with Crippen molar-refractivity contribution in [2.45, 2.75) is 13.3 Å². The molecule has 0 spiro atoms. The molecule has 0 aliphatic rings. The molecule has 2 heterocycles. The van der Waals surface area contributed by atoms with Crippen LogP contribution in [0, 0.1) is 0 Å². The summed E-state index contributed by atoms with van der Waals surface area (Å²) in [5, 5.41) is 2.64. The molecule has 1 amide bonds. The van der Waals surface area contributed by atoms with Crippen LogP contribution in [0.3, 0.4) is 0 Å². The standard InChI is InChI=1S/C11H12BrN3O/c1-3-8-10(11(16)13-2)15-6-7(12)4-5-9(15)14-8/h4-6H,3H2,1-2H3,(H,13,16). The van der Waals surface area contributed by atoms with E-state index >= 15 is 0 Å². The van der Waals surface area contributed by atoms with Crippen LogP contribution in [0.2, 0.25) is 0 Å². The van der Waals surface area contributed by atoms with Gasteiger partial charge in [0.25, 0.3) is 5.91 Å². The SMILES string of the molecule is CCc1nc2ccc(Br)cn2c1C(=O)NC. The molecule has 2 rings (SSSR count). The summed E-state index contributed by atoms with van der Waals surface area (Å²) < 4.78 is 2.73. The van der Waals surface area contributed by atoms with E-state index in [4.69, 9.17) is 0 Å². The molecule has 0 saturated carbocycles. The van der Waals surface area contributed by atoms with E-state index in [1.54, 1.807) is 7.05 Å². The fraction of sp³-hybridized carbons (Fsp3) is 0.273. The van der Waals surface area contributed by atoms with Crippen molar-refractivity contribution in [2.75, 3.05) is 7.05 Å². The first-order chi connectivity index (χ1) is 7.67. The highest BCUT2D eigenvalue weighted by molar-refractivity contribution is 9.10. The smallest absolute Gasteiger partial charge is 0.269 e. The van der Waals surface area contributed by atoms with Crippen molar-refractivity contribution < 1.29 is 4.79 Å². The number of amides is 1. The number of nitrogens with one attached hydrogen (secondary N) is 1. The van der Waals surface area contributed by atoms with E-state index in [1.165, 1.54) is 0 Å². The van der Waals surface area contributed by atoms with E-state index in [1.807, 2.05) is 29.7 Å². The number of rotatable bonds is 2. The summed E-state index contributed by atoms with van der Waals surface area (Å²) in [7, 11) is 1.62. The van der Waals surface area contributed by atoms with Gasteiger partial charge in [0, 0.05) is 17.7 Å². The molecule has 2 aromatic rings. The van der Waals surface area contributed by atoms with Crippen molar-refractivity contribution in [3.63, 3.8) is 0 Å². The molecule has 4 nitrogen and oxygen atoms in total. The lowest BCUT2D eigenvalue weighted by molar-refractivity contribution is 0.0956. The Morgan fingerprint density at radius 3 is 2.94 bits per heavy atom. The first kappa shape index (κ1) is 11.1. The molecule has 0 bridgehead atoms. The van der Waals surface area contributed by atoms with Crippen molar-refractivity contribution >= 4 is 27.5 Å². The molecular formula is C11H12BrN3O. The average Bonchev–Trinajstić information content (AvgIpc) is 2.65. The molecule has 0 fully saturated rings. The van der Waals surface area contributed by atoms with Crippen molar-refractivity contribution in [3.05, 3.63) is 34.2 Å². The van der Waals surface area contributed by atoms with E-state index in [2.05, 4.69) is 26.2 Å². The summed E-state index contributed by atoms with van der Waals surface area (Å²) in [6.45, 7) is 1.99. The normalized spacial score (nSPS) is 10.7. The number of hydrogen-bond donors (Lipinski definition) is 1. The molecule has 0 aliphatic heterocycles. The molecule has 0 unspecified atom stereocenters. The Kier molecular flexibility index (Phi) is 2.96. The fourth-order valence-corrected chi connectivity index (χ4v) is 2.01. The quantitative estimate of drug-likeness (QED) is 0.916. The average molecular weight is 282 g/mol. The molecule has 84 valence electrons. The number of aromatic nitrogens is 2. The third-order valence-electron chi connectivity index (χ3n) is 2.43. The van der Waals surface area contributed by atoms with Crippen molar-refractivity contribution in [1.29, 1.82) is 0 Å². The maximum Gasteiger partial charge on any atom is 0.269 e. The zero-order chi connectivity index (χ0) is 11.7. The molecule has 16 heavy (non-hydrogen) atoms. The van der Waals surface area contributed by atoms with Crippen LogP contribution < -0.4 is 5.32 Å². The maximum absolute atomic E-state index is 11.8. The minimum absolute atomic E-state index is 0.109. The Morgan fingerprint density at radius 2 is 2.31 bits per heavy atom. The van der Waals surface area contributed by atoms with Crippen LogP contribution in [-0.4, -0.2) is 22.3 Å². The number of hydrogen-bond acceptors (Lipinski definition) is 2. The van der Waals surface area contributed by atoms with Gasteiger partial charge in [0.15, 0.2) is 0 Å². The zero-order valence-corrected chi connectivity index (χ0v) is 10.7. The Balaban J connectivity index is 2.75. The van der Waals surface area contributed by atoms with Gasteiger partial charge in [0.1, 0.15) is 11.3 Å². The molecule has 0 aliphatic carbocycles. The van der Waals surface area contributed by atoms with Crippen LogP contribution >= 0.6 is 15.9 Å². The van der Waals surface area contributed by atoms with Crippen LogP contribution in [-0.2, 0) is 6.42 Å². The van der Waals surface area contributed by atoms with Gasteiger partial charge < -0.3 is 5.32 Å². The summed E-state index contributed by atoms with van der Waals surface area (Å²) in [6.07, 6.45) is 2.59. The third kappa shape index (κ3) is 1.71. The number of nitrogens with zero attached hydrogens (tertiary/aromatic N) is 2. The second kappa shape index (κ2) is 4.25. The number of carbonyl (C=O) groups is 1. The largest absolute Gasteiger partial charge is 0.354 e. The highest BCUT2D eigenvalue weighted by Gasteiger charge is 2.16. The zero-order valence-electron chi connectivity index (χ0n) is 9.12. The van der Waals surface area contributed by atoms with Gasteiger partial charge in [-0.3, -0.25) is 9.20 Å². The van der Waals surface area contributed by atoms with Crippen molar-refractivity contribution in [2.24, 2.45) is 0 Å². The highest BCUT2D eigenvalue weighted by Crippen LogP contribution is 2.17. The van der Waals surface area contributed by atoms with E-state index in [0.717, 1.165) is 22.2 Å². The number of aryl methyl sites for hydroxylation is 1. The van der Waals surface area contributed by atoms with Crippen LogP contribution in [0.25, 0.3) is 5.65 Å². The number of imidazole rings is 1. The van der Waals surface area contributed by atoms with Crippen LogP contribution in [0.1, 0.15) is 23.1 Å². The third-order valence-corrected chi connectivity index (χ3v) is 2.90. The molecule has 0 radical (unpaired) electrons. The van der Waals surface area contributed by atoms with Crippen LogP contribution in [0.15, 0.2) is 22.8 Å². The summed E-state index contributed by atoms with van der Waals surface area (Å²) in [5.74, 6) is -0.109. The second-order valence-electron chi connectivity index (χ2n) is 3.42. The summed E-state index contributed by atoms with van der Waals surface area (Å²) in [5.41, 5.74) is 2.22. The summed E-state index contributed by atoms with van der Waals surface area (Å²) >= 11 is 3.39. The van der Waals surface area contributed by atoms with E-state index < -0.39 is 0 Å². The number of fused-ring (bicyclic) bond motifs is 1. The minimum atomic E-state index is -0.109. The molecule has 1 N–H and O–H groups in total. The van der Waals surface area contributed by atoms with Gasteiger partial charge in [-0.2, -0.15) is 0 Å². The topological polar surface area (TPSA) is 46.4 Å². The molecule has 0 aromatic carbocycles. The Labute approximate surface area is 102 Å². The first-order valence-electron chi connectivity index (χ1n) is 5.06. The van der Waals surface area contributed by atoms with Gasteiger partial charge in [-0.25, -0.2) is 4.98 Å². The van der Waals surface area contributed by atoms with Gasteiger partial charge in [0.2, 0.25) is 0 Å². The summed E-state index contributed by atoms with van der Waals surface area (Å²) in [4.78, 5) is 16.2. The lowest BCUT2D eigenvalue weighted by Crippen LogP contribution is -2.21. The minimum Gasteiger partial charge on any atom is -0.354 e. The Morgan fingerprint density at radius 1 is 1.56 bits per heavy atom. The summed E-state index contributed by atoms with van der Waals surface area (Å²) in [6, 6.07) is 3.80. The maximum atomic E-state index is 11.8. The number of carbonyl (C=O) groups excluding carboxylic acids is 1. The van der Waals surface area contributed by atoms with Crippen LogP contribution in [0.4, 0.5) is 0 Å². The van der Waals surface area contributed by atoms with Crippen LogP contribution in [0.5, 0.6) is 0 Å². The monoisotopic (exact) mass is 281 g/mol. The molecular weight excluding hydrogens is 270 g/mol. The number of pyridine rings is 1. The Hall–Kier alpha value is -1.36. The van der Waals surface area contributed by atoms with Crippen molar-refractivity contribution in [1.82, 2.24) is 14.7 Å². The Bertz CT molecular complexity index is 547. The lowest BCUT2D eigenvalue weighted by Gasteiger charge is -2.02. The van der Waals surface area contributed by atoms with Gasteiger partial charge in [-0.15, -0.1) is 0 Å². The second-order valence-corrected chi connectivity index (χ2v) is 4.33. The van der Waals surface area contributed by atoms with E-state index in [-0.39, 0.29) is 5.91 Å². The number of halogens is 1. The van der Waals surface area contributed by atoms with Crippen molar-refractivity contribution in [3.8, 4) is 0 Å². The predicted octanol–water partition coefficient (Wildman–Crippen LogP) is 2.02. The molecule has 0 saturated heterocycles. The lowest BCUT2D eigenvalue weighted by atomic mass is 10.2. The fourth-order valence-electron chi connectivity index (χ4n) is 1.67. The van der Waals surface area contributed by atoms with Gasteiger partial charge in [-0.05, 0) is 34.5 Å². The molecule has 0 atom stereocenters. The van der Waals surface area contributed by atoms with E-state index in [0.29, 0.717) is 5.69 Å². The first-order valence-corrected chi connectivity index (χ1v) is 5.85. The predicted molar refractivity (Wildman–Crippen MR) is 65.7 cm³/mol. The van der Waals surface area contributed by atoms with Gasteiger partial charge in [-0.1, -0.05) is 6.92 Å². The van der Waals surface area contributed by atoms with E-state index in [9.17, 15) is 4.79 Å². The molecule has 5 heteroatoms. The van der Waals surface area contributed by atoms with Gasteiger partial charge in [0.05, 0.1) is 5.69 Å². The van der Waals surface area contributed by atoms with Gasteiger partial charge >= 0.3 is 0 Å². The molecule has 2 aromatic heterocycles.